The lowest BCUT2D eigenvalue weighted by Crippen LogP contribution is -2.28. The number of rotatable bonds is 8. The first-order valence-corrected chi connectivity index (χ1v) is 8.69. The summed E-state index contributed by atoms with van der Waals surface area (Å²) in [7, 11) is 3.17. The van der Waals surface area contributed by atoms with Gasteiger partial charge in [-0.05, 0) is 56.2 Å². The van der Waals surface area contributed by atoms with E-state index >= 15 is 0 Å². The van der Waals surface area contributed by atoms with Gasteiger partial charge in [0.05, 0.1) is 32.8 Å². The van der Waals surface area contributed by atoms with Crippen LogP contribution in [0.25, 0.3) is 0 Å². The van der Waals surface area contributed by atoms with Gasteiger partial charge in [-0.25, -0.2) is 0 Å². The van der Waals surface area contributed by atoms with Crippen LogP contribution in [-0.2, 0) is 11.2 Å². The molecule has 0 saturated heterocycles. The largest absolute Gasteiger partial charge is 0.493 e. The summed E-state index contributed by atoms with van der Waals surface area (Å²) in [5.74, 6) is 2.01. The van der Waals surface area contributed by atoms with Gasteiger partial charge >= 0.3 is 0 Å². The molecule has 2 rings (SSSR count). The van der Waals surface area contributed by atoms with Crippen LogP contribution in [0.3, 0.4) is 0 Å². The van der Waals surface area contributed by atoms with Gasteiger partial charge in [0.1, 0.15) is 5.75 Å². The molecule has 0 saturated carbocycles. The van der Waals surface area contributed by atoms with Crippen LogP contribution in [-0.4, -0.2) is 26.2 Å². The number of hydrogen-bond acceptors (Lipinski definition) is 4. The standard InChI is InChI=1S/C21H27NO4/c1-14(2)26-18-8-6-7-17(13-18)15(3)22-21(23)12-16-9-10-19(24-4)20(11-16)25-5/h6-11,13-15H,12H2,1-5H3,(H,22,23). The van der Waals surface area contributed by atoms with E-state index in [1.807, 2.05) is 57.2 Å². The Morgan fingerprint density at radius 3 is 2.38 bits per heavy atom. The third kappa shape index (κ3) is 5.41. The molecule has 0 aromatic heterocycles. The van der Waals surface area contributed by atoms with E-state index < -0.39 is 0 Å². The van der Waals surface area contributed by atoms with E-state index in [0.717, 1.165) is 16.9 Å². The van der Waals surface area contributed by atoms with Gasteiger partial charge in [-0.2, -0.15) is 0 Å². The lowest BCUT2D eigenvalue weighted by molar-refractivity contribution is -0.121. The highest BCUT2D eigenvalue weighted by molar-refractivity contribution is 5.79. The van der Waals surface area contributed by atoms with E-state index in [2.05, 4.69) is 5.32 Å². The average molecular weight is 357 g/mol. The van der Waals surface area contributed by atoms with Crippen molar-refractivity contribution < 1.29 is 19.0 Å². The Bertz CT molecular complexity index is 743. The van der Waals surface area contributed by atoms with E-state index in [-0.39, 0.29) is 24.5 Å². The Morgan fingerprint density at radius 2 is 1.73 bits per heavy atom. The van der Waals surface area contributed by atoms with Crippen molar-refractivity contribution in [2.75, 3.05) is 14.2 Å². The summed E-state index contributed by atoms with van der Waals surface area (Å²) in [6.07, 6.45) is 0.382. The normalized spacial score (nSPS) is 11.8. The van der Waals surface area contributed by atoms with Crippen LogP contribution >= 0.6 is 0 Å². The SMILES string of the molecule is COc1ccc(CC(=O)NC(C)c2cccc(OC(C)C)c2)cc1OC. The third-order valence-corrected chi connectivity index (χ3v) is 3.92. The molecule has 0 fully saturated rings. The molecule has 0 aliphatic carbocycles. The Labute approximate surface area is 155 Å². The molecule has 1 atom stereocenters. The fourth-order valence-electron chi connectivity index (χ4n) is 2.68. The van der Waals surface area contributed by atoms with Crippen molar-refractivity contribution in [3.8, 4) is 17.2 Å². The van der Waals surface area contributed by atoms with Crippen molar-refractivity contribution in [1.29, 1.82) is 0 Å². The van der Waals surface area contributed by atoms with Crippen molar-refractivity contribution in [3.05, 3.63) is 53.6 Å². The van der Waals surface area contributed by atoms with Gasteiger partial charge in [0, 0.05) is 0 Å². The summed E-state index contributed by atoms with van der Waals surface area (Å²) in [5, 5.41) is 3.02. The number of carbonyl (C=O) groups is 1. The van der Waals surface area contributed by atoms with Gasteiger partial charge in [0.15, 0.2) is 11.5 Å². The molecule has 140 valence electrons. The quantitative estimate of drug-likeness (QED) is 0.778. The molecule has 0 radical (unpaired) electrons. The molecule has 0 aliphatic heterocycles. The summed E-state index contributed by atoms with van der Waals surface area (Å²) < 4.78 is 16.2. The van der Waals surface area contributed by atoms with Crippen molar-refractivity contribution in [2.45, 2.75) is 39.3 Å². The zero-order chi connectivity index (χ0) is 19.1. The van der Waals surface area contributed by atoms with Crippen LogP contribution in [0, 0.1) is 0 Å². The van der Waals surface area contributed by atoms with Gasteiger partial charge in [-0.3, -0.25) is 4.79 Å². The van der Waals surface area contributed by atoms with Crippen LogP contribution in [0.1, 0.15) is 37.9 Å². The lowest BCUT2D eigenvalue weighted by atomic mass is 10.1. The first kappa shape index (κ1) is 19.6. The van der Waals surface area contributed by atoms with Gasteiger partial charge in [-0.15, -0.1) is 0 Å². The lowest BCUT2D eigenvalue weighted by Gasteiger charge is -2.17. The minimum Gasteiger partial charge on any atom is -0.493 e. The number of carbonyl (C=O) groups excluding carboxylic acids is 1. The molecule has 26 heavy (non-hydrogen) atoms. The number of nitrogens with one attached hydrogen (secondary N) is 1. The maximum absolute atomic E-state index is 12.4. The predicted molar refractivity (Wildman–Crippen MR) is 102 cm³/mol. The molecule has 1 N–H and O–H groups in total. The minimum atomic E-state index is -0.113. The summed E-state index contributed by atoms with van der Waals surface area (Å²) >= 11 is 0. The van der Waals surface area contributed by atoms with Crippen molar-refractivity contribution >= 4 is 5.91 Å². The zero-order valence-electron chi connectivity index (χ0n) is 16.0. The van der Waals surface area contributed by atoms with Crippen molar-refractivity contribution in [2.24, 2.45) is 0 Å². The monoisotopic (exact) mass is 357 g/mol. The van der Waals surface area contributed by atoms with Crippen molar-refractivity contribution in [1.82, 2.24) is 5.32 Å². The molecule has 0 heterocycles. The van der Waals surface area contributed by atoms with Gasteiger partial charge in [0.25, 0.3) is 0 Å². The van der Waals surface area contributed by atoms with Crippen LogP contribution in [0.5, 0.6) is 17.2 Å². The van der Waals surface area contributed by atoms with E-state index in [1.165, 1.54) is 0 Å². The topological polar surface area (TPSA) is 56.8 Å². The highest BCUT2D eigenvalue weighted by Crippen LogP contribution is 2.28. The Morgan fingerprint density at radius 1 is 1.00 bits per heavy atom. The maximum atomic E-state index is 12.4. The first-order valence-electron chi connectivity index (χ1n) is 8.69. The summed E-state index contributed by atoms with van der Waals surface area (Å²) in [6, 6.07) is 13.2. The van der Waals surface area contributed by atoms with E-state index in [9.17, 15) is 4.79 Å². The Hall–Kier alpha value is -2.69. The molecule has 1 amide bonds. The summed E-state index contributed by atoms with van der Waals surface area (Å²) in [4.78, 5) is 12.4. The molecule has 5 heteroatoms. The smallest absolute Gasteiger partial charge is 0.224 e. The second kappa shape index (κ2) is 9.13. The molecular formula is C21H27NO4. The molecule has 0 bridgehead atoms. The second-order valence-electron chi connectivity index (χ2n) is 6.39. The molecule has 2 aromatic carbocycles. The second-order valence-corrected chi connectivity index (χ2v) is 6.39. The van der Waals surface area contributed by atoms with Gasteiger partial charge < -0.3 is 19.5 Å². The number of benzene rings is 2. The highest BCUT2D eigenvalue weighted by Gasteiger charge is 2.13. The van der Waals surface area contributed by atoms with Crippen LogP contribution in [0.2, 0.25) is 0 Å². The first-order chi connectivity index (χ1) is 12.4. The Kier molecular flexibility index (Phi) is 6.89. The predicted octanol–water partition coefficient (Wildman–Crippen LogP) is 3.91. The summed E-state index contributed by atoms with van der Waals surface area (Å²) in [6.45, 7) is 5.93. The fraction of sp³-hybridized carbons (Fsp3) is 0.381. The Balaban J connectivity index is 2.01. The number of amides is 1. The van der Waals surface area contributed by atoms with E-state index in [1.54, 1.807) is 20.3 Å². The maximum Gasteiger partial charge on any atom is 0.224 e. The van der Waals surface area contributed by atoms with Crippen LogP contribution in [0.4, 0.5) is 0 Å². The van der Waals surface area contributed by atoms with Crippen LogP contribution in [0.15, 0.2) is 42.5 Å². The zero-order valence-corrected chi connectivity index (χ0v) is 16.0. The minimum absolute atomic E-state index is 0.0556. The number of hydrogen-bond donors (Lipinski definition) is 1. The third-order valence-electron chi connectivity index (χ3n) is 3.92. The van der Waals surface area contributed by atoms with Crippen molar-refractivity contribution in [3.63, 3.8) is 0 Å². The molecule has 5 nitrogen and oxygen atoms in total. The molecule has 2 aromatic rings. The van der Waals surface area contributed by atoms with E-state index in [4.69, 9.17) is 14.2 Å². The highest BCUT2D eigenvalue weighted by atomic mass is 16.5. The number of methoxy groups -OCH3 is 2. The van der Waals surface area contributed by atoms with Gasteiger partial charge in [0.2, 0.25) is 5.91 Å². The van der Waals surface area contributed by atoms with Gasteiger partial charge in [-0.1, -0.05) is 18.2 Å². The molecule has 0 spiro atoms. The fourth-order valence-corrected chi connectivity index (χ4v) is 2.68. The van der Waals surface area contributed by atoms with E-state index in [0.29, 0.717) is 11.5 Å². The van der Waals surface area contributed by atoms with Crippen LogP contribution < -0.4 is 19.5 Å². The molecular weight excluding hydrogens is 330 g/mol. The summed E-state index contributed by atoms with van der Waals surface area (Å²) in [5.41, 5.74) is 1.87. The molecule has 0 aliphatic rings. The average Bonchev–Trinajstić information content (AvgIpc) is 2.61. The molecule has 1 unspecified atom stereocenters. The number of ether oxygens (including phenoxy) is 3.